The first kappa shape index (κ1) is 29.6. The normalized spacial score (nSPS) is 14.8. The number of aromatic nitrogens is 3. The van der Waals surface area contributed by atoms with Crippen LogP contribution in [0.3, 0.4) is 0 Å². The van der Waals surface area contributed by atoms with E-state index in [1.807, 2.05) is 12.3 Å². The summed E-state index contributed by atoms with van der Waals surface area (Å²) in [6.45, 7) is 0. The molecular formula is C48H35N3. The minimum atomic E-state index is 0.239. The van der Waals surface area contributed by atoms with Gasteiger partial charge < -0.3 is 0 Å². The Morgan fingerprint density at radius 1 is 0.608 bits per heavy atom. The number of nitrogens with zero attached hydrogens (tertiary/aromatic N) is 3. The molecular weight excluding hydrogens is 619 g/mol. The van der Waals surface area contributed by atoms with Gasteiger partial charge in [-0.25, -0.2) is 9.97 Å². The van der Waals surface area contributed by atoms with Crippen molar-refractivity contribution in [3.05, 3.63) is 192 Å². The van der Waals surface area contributed by atoms with E-state index in [4.69, 9.17) is 9.97 Å². The van der Waals surface area contributed by atoms with Crippen molar-refractivity contribution < 1.29 is 0 Å². The Bertz CT molecular complexity index is 2660. The summed E-state index contributed by atoms with van der Waals surface area (Å²) in [4.78, 5) is 10.0. The summed E-state index contributed by atoms with van der Waals surface area (Å²) in [6.07, 6.45) is 11.5. The van der Waals surface area contributed by atoms with E-state index in [1.54, 1.807) is 0 Å². The van der Waals surface area contributed by atoms with Gasteiger partial charge in [0.25, 0.3) is 0 Å². The number of pyridine rings is 2. The van der Waals surface area contributed by atoms with Gasteiger partial charge in [0.2, 0.25) is 0 Å². The van der Waals surface area contributed by atoms with Crippen LogP contribution < -0.4 is 0 Å². The number of hydrogen-bond acceptors (Lipinski definition) is 2. The lowest BCUT2D eigenvalue weighted by molar-refractivity contribution is 0.825. The molecule has 0 amide bonds. The molecule has 10 rings (SSSR count). The second-order valence-electron chi connectivity index (χ2n) is 13.7. The van der Waals surface area contributed by atoms with Gasteiger partial charge in [-0.3, -0.25) is 4.57 Å². The van der Waals surface area contributed by atoms with Crippen molar-refractivity contribution in [2.24, 2.45) is 0 Å². The molecule has 5 aromatic carbocycles. The number of allylic oxidation sites excluding steroid dienone is 4. The van der Waals surface area contributed by atoms with Gasteiger partial charge in [-0.2, -0.15) is 0 Å². The highest BCUT2D eigenvalue weighted by molar-refractivity contribution is 6.09. The highest BCUT2D eigenvalue weighted by atomic mass is 15.0. The molecule has 0 N–H and O–H groups in total. The van der Waals surface area contributed by atoms with Crippen molar-refractivity contribution in [1.82, 2.24) is 14.5 Å². The summed E-state index contributed by atoms with van der Waals surface area (Å²) in [5.41, 5.74) is 17.1. The topological polar surface area (TPSA) is 30.7 Å². The number of rotatable bonds is 6. The molecule has 242 valence electrons. The monoisotopic (exact) mass is 653 g/mol. The largest absolute Gasteiger partial charge is 0.294 e. The number of fused-ring (bicyclic) bond motifs is 6. The molecule has 2 aliphatic carbocycles. The smallest absolute Gasteiger partial charge is 0.145 e. The summed E-state index contributed by atoms with van der Waals surface area (Å²) in [6, 6.07) is 53.0. The van der Waals surface area contributed by atoms with E-state index >= 15 is 0 Å². The maximum absolute atomic E-state index is 5.20. The zero-order valence-corrected chi connectivity index (χ0v) is 28.2. The van der Waals surface area contributed by atoms with Crippen LogP contribution in [0.1, 0.15) is 41.1 Å². The van der Waals surface area contributed by atoms with Gasteiger partial charge in [0.1, 0.15) is 5.65 Å². The average Bonchev–Trinajstić information content (AvgIpc) is 3.70. The summed E-state index contributed by atoms with van der Waals surface area (Å²) in [5, 5.41) is 2.38. The lowest BCUT2D eigenvalue weighted by atomic mass is 9.87. The van der Waals surface area contributed by atoms with Crippen molar-refractivity contribution in [1.29, 1.82) is 0 Å². The van der Waals surface area contributed by atoms with Crippen LogP contribution in [0.25, 0.3) is 66.7 Å². The third kappa shape index (κ3) is 5.13. The molecule has 3 heterocycles. The fraction of sp³-hybridized carbons (Fsp3) is 0.0833. The SMILES string of the molecule is C1=CCCC(c2cc(CC3c4ccccc4-c4ccc(-c5ccc6c(c5)c5cccnc5n6-c5ccccc5)cc43)cc(-c3ccccc3)n2)=C1. The van der Waals surface area contributed by atoms with Crippen LogP contribution in [0, 0.1) is 0 Å². The molecule has 2 aliphatic rings. The molecule has 3 nitrogen and oxygen atoms in total. The second-order valence-corrected chi connectivity index (χ2v) is 13.7. The van der Waals surface area contributed by atoms with Crippen molar-refractivity contribution in [2.45, 2.75) is 25.2 Å². The Morgan fingerprint density at radius 2 is 1.37 bits per heavy atom. The van der Waals surface area contributed by atoms with Gasteiger partial charge in [-0.1, -0.05) is 109 Å². The minimum Gasteiger partial charge on any atom is -0.294 e. The molecule has 51 heavy (non-hydrogen) atoms. The zero-order valence-electron chi connectivity index (χ0n) is 28.2. The van der Waals surface area contributed by atoms with Crippen LogP contribution in [0.4, 0.5) is 0 Å². The highest BCUT2D eigenvalue weighted by Crippen LogP contribution is 2.48. The molecule has 3 aromatic heterocycles. The Kier molecular flexibility index (Phi) is 7.09. The molecule has 0 saturated carbocycles. The molecule has 1 unspecified atom stereocenters. The Labute approximate surface area is 297 Å². The third-order valence-corrected chi connectivity index (χ3v) is 10.7. The Hall–Kier alpha value is -6.32. The van der Waals surface area contributed by atoms with Gasteiger partial charge in [-0.15, -0.1) is 0 Å². The van der Waals surface area contributed by atoms with Crippen molar-refractivity contribution in [3.8, 4) is 39.2 Å². The van der Waals surface area contributed by atoms with E-state index in [-0.39, 0.29) is 5.92 Å². The van der Waals surface area contributed by atoms with Crippen LogP contribution in [0.15, 0.2) is 170 Å². The fourth-order valence-corrected chi connectivity index (χ4v) is 8.25. The molecule has 8 aromatic rings. The molecule has 0 fully saturated rings. The van der Waals surface area contributed by atoms with Crippen molar-refractivity contribution in [2.75, 3.05) is 0 Å². The lowest BCUT2D eigenvalue weighted by Crippen LogP contribution is -2.04. The first-order chi connectivity index (χ1) is 25.3. The van der Waals surface area contributed by atoms with Crippen LogP contribution in [-0.4, -0.2) is 14.5 Å². The summed E-state index contributed by atoms with van der Waals surface area (Å²) in [7, 11) is 0. The minimum absolute atomic E-state index is 0.239. The molecule has 0 saturated heterocycles. The average molecular weight is 654 g/mol. The molecule has 3 heteroatoms. The second kappa shape index (κ2) is 12.2. The molecule has 1 atom stereocenters. The molecule has 0 bridgehead atoms. The van der Waals surface area contributed by atoms with Gasteiger partial charge in [0.05, 0.1) is 16.9 Å². The van der Waals surface area contributed by atoms with E-state index in [0.29, 0.717) is 0 Å². The Morgan fingerprint density at radius 3 is 2.24 bits per heavy atom. The predicted molar refractivity (Wildman–Crippen MR) is 211 cm³/mol. The maximum Gasteiger partial charge on any atom is 0.145 e. The van der Waals surface area contributed by atoms with Crippen LogP contribution >= 0.6 is 0 Å². The van der Waals surface area contributed by atoms with Crippen LogP contribution in [0.2, 0.25) is 0 Å². The van der Waals surface area contributed by atoms with E-state index in [1.165, 1.54) is 49.9 Å². The number of hydrogen-bond donors (Lipinski definition) is 0. The first-order valence-corrected chi connectivity index (χ1v) is 17.9. The fourth-order valence-electron chi connectivity index (χ4n) is 8.25. The maximum atomic E-state index is 5.20. The standard InChI is InChI=1S/C48H35N3/c1-4-13-33(14-5-1)45-28-32(29-46(50-45)34-15-6-2-7-16-34)27-42-39-20-11-10-19-38(39)40-24-22-35(30-43(40)42)36-23-25-47-44(31-36)41-21-12-26-49-48(41)51(47)37-17-8-3-9-18-37/h1-6,8-15,17-26,28-31,42H,7,16,27H2. The van der Waals surface area contributed by atoms with Gasteiger partial charge in [-0.05, 0) is 118 Å². The van der Waals surface area contributed by atoms with Gasteiger partial charge in [0.15, 0.2) is 0 Å². The predicted octanol–water partition coefficient (Wildman–Crippen LogP) is 12.0. The zero-order chi connectivity index (χ0) is 33.7. The molecule has 0 aliphatic heterocycles. The van der Waals surface area contributed by atoms with E-state index in [0.717, 1.165) is 58.5 Å². The first-order valence-electron chi connectivity index (χ1n) is 17.9. The number of benzene rings is 5. The third-order valence-electron chi connectivity index (χ3n) is 10.7. The van der Waals surface area contributed by atoms with E-state index in [2.05, 4.69) is 162 Å². The van der Waals surface area contributed by atoms with Crippen LogP contribution in [-0.2, 0) is 6.42 Å². The Balaban J connectivity index is 1.09. The number of para-hydroxylation sites is 1. The molecule has 0 spiro atoms. The van der Waals surface area contributed by atoms with Crippen molar-refractivity contribution in [3.63, 3.8) is 0 Å². The van der Waals surface area contributed by atoms with E-state index in [9.17, 15) is 0 Å². The van der Waals surface area contributed by atoms with Gasteiger partial charge >= 0.3 is 0 Å². The lowest BCUT2D eigenvalue weighted by Gasteiger charge is -2.18. The quantitative estimate of drug-likeness (QED) is 0.179. The van der Waals surface area contributed by atoms with E-state index < -0.39 is 0 Å². The summed E-state index contributed by atoms with van der Waals surface area (Å²) >= 11 is 0. The van der Waals surface area contributed by atoms with Crippen LogP contribution in [0.5, 0.6) is 0 Å². The highest BCUT2D eigenvalue weighted by Gasteiger charge is 2.29. The molecule has 0 radical (unpaired) electrons. The summed E-state index contributed by atoms with van der Waals surface area (Å²) < 4.78 is 2.27. The van der Waals surface area contributed by atoms with Gasteiger partial charge in [0, 0.05) is 34.1 Å². The van der Waals surface area contributed by atoms with Crippen molar-refractivity contribution >= 4 is 27.5 Å². The summed E-state index contributed by atoms with van der Waals surface area (Å²) in [5.74, 6) is 0.239.